The van der Waals surface area contributed by atoms with Gasteiger partial charge in [0, 0.05) is 0 Å². The van der Waals surface area contributed by atoms with Gasteiger partial charge < -0.3 is 0 Å². The molecule has 0 saturated carbocycles. The van der Waals surface area contributed by atoms with Crippen molar-refractivity contribution in [1.82, 2.24) is 0 Å². The van der Waals surface area contributed by atoms with Crippen molar-refractivity contribution in [3.05, 3.63) is 97.1 Å². The van der Waals surface area contributed by atoms with Gasteiger partial charge in [-0.1, -0.05) is 0 Å². The molecule has 0 atom stereocenters. The van der Waals surface area contributed by atoms with E-state index in [-0.39, 0.29) is 0 Å². The van der Waals surface area contributed by atoms with Crippen LogP contribution in [0.1, 0.15) is 0 Å². The van der Waals surface area contributed by atoms with Crippen molar-refractivity contribution in [2.45, 2.75) is 19.6 Å². The van der Waals surface area contributed by atoms with Crippen LogP contribution in [0.25, 0.3) is 19.3 Å². The van der Waals surface area contributed by atoms with E-state index in [0.717, 1.165) is 0 Å². The normalized spacial score (nSPS) is 11.3. The monoisotopic (exact) mass is 448 g/mol. The SMILES string of the molecule is c1ccc(Sc2cccc3[se]c4cccc(Sc5ccccc5)c4c23)cc1. The zero-order valence-corrected chi connectivity index (χ0v) is 17.8. The number of fused-ring (bicyclic) bond motifs is 3. The number of rotatable bonds is 4. The molecule has 5 aromatic rings. The van der Waals surface area contributed by atoms with Gasteiger partial charge in [0.15, 0.2) is 0 Å². The third-order valence-corrected chi connectivity index (χ3v) is 8.87. The Hall–Kier alpha value is -1.90. The van der Waals surface area contributed by atoms with Gasteiger partial charge >= 0.3 is 174 Å². The average Bonchev–Trinajstić information content (AvgIpc) is 3.10. The molecule has 27 heavy (non-hydrogen) atoms. The van der Waals surface area contributed by atoms with Crippen LogP contribution < -0.4 is 0 Å². The first kappa shape index (κ1) is 17.2. The summed E-state index contributed by atoms with van der Waals surface area (Å²) in [7, 11) is 0. The van der Waals surface area contributed by atoms with Gasteiger partial charge in [-0.25, -0.2) is 0 Å². The second kappa shape index (κ2) is 7.61. The van der Waals surface area contributed by atoms with E-state index >= 15 is 0 Å². The maximum absolute atomic E-state index is 2.31. The van der Waals surface area contributed by atoms with Crippen molar-refractivity contribution in [1.29, 1.82) is 0 Å². The minimum absolute atomic E-state index is 0.380. The maximum atomic E-state index is 2.31. The molecule has 0 nitrogen and oxygen atoms in total. The molecular weight excluding hydrogens is 431 g/mol. The first-order valence-corrected chi connectivity index (χ1v) is 12.1. The van der Waals surface area contributed by atoms with Crippen LogP contribution in [0.5, 0.6) is 0 Å². The molecule has 4 aromatic carbocycles. The third-order valence-electron chi connectivity index (χ3n) is 4.39. The zero-order valence-electron chi connectivity index (χ0n) is 14.5. The fraction of sp³-hybridized carbons (Fsp3) is 0. The molecule has 0 aliphatic heterocycles. The van der Waals surface area contributed by atoms with Gasteiger partial charge in [0.1, 0.15) is 0 Å². The predicted octanol–water partition coefficient (Wildman–Crippen LogP) is 7.35. The summed E-state index contributed by atoms with van der Waals surface area (Å²) in [6, 6.07) is 34.9. The van der Waals surface area contributed by atoms with Crippen LogP contribution in [0.2, 0.25) is 0 Å². The summed E-state index contributed by atoms with van der Waals surface area (Å²) in [5.74, 6) is 0. The van der Waals surface area contributed by atoms with Crippen molar-refractivity contribution < 1.29 is 0 Å². The van der Waals surface area contributed by atoms with Crippen LogP contribution in [0.15, 0.2) is 117 Å². The Bertz CT molecular complexity index is 1120. The molecule has 0 unspecified atom stereocenters. The van der Waals surface area contributed by atoms with E-state index in [2.05, 4.69) is 97.1 Å². The molecule has 0 fully saturated rings. The molecule has 0 N–H and O–H groups in total. The molecule has 1 aromatic heterocycles. The molecule has 0 bridgehead atoms. The second-order valence-corrected chi connectivity index (χ2v) is 10.7. The molecule has 0 aliphatic carbocycles. The van der Waals surface area contributed by atoms with Gasteiger partial charge in [0.2, 0.25) is 0 Å². The zero-order chi connectivity index (χ0) is 18.1. The van der Waals surface area contributed by atoms with E-state index in [9.17, 15) is 0 Å². The summed E-state index contributed by atoms with van der Waals surface area (Å²) in [5, 5.41) is 2.89. The van der Waals surface area contributed by atoms with Crippen LogP contribution in [-0.4, -0.2) is 14.5 Å². The average molecular weight is 447 g/mol. The molecule has 3 heteroatoms. The van der Waals surface area contributed by atoms with Crippen molar-refractivity contribution in [3.8, 4) is 0 Å². The van der Waals surface area contributed by atoms with E-state index in [1.165, 1.54) is 38.9 Å². The fourth-order valence-corrected chi connectivity index (χ4v) is 7.94. The van der Waals surface area contributed by atoms with Crippen LogP contribution in [-0.2, 0) is 0 Å². The van der Waals surface area contributed by atoms with Crippen LogP contribution in [0, 0.1) is 0 Å². The van der Waals surface area contributed by atoms with Crippen molar-refractivity contribution in [2.24, 2.45) is 0 Å². The van der Waals surface area contributed by atoms with Crippen LogP contribution >= 0.6 is 23.5 Å². The van der Waals surface area contributed by atoms with Gasteiger partial charge in [0.25, 0.3) is 0 Å². The summed E-state index contributed by atoms with van der Waals surface area (Å²) in [6.45, 7) is 0. The Morgan fingerprint density at radius 3 is 1.33 bits per heavy atom. The van der Waals surface area contributed by atoms with Gasteiger partial charge in [-0.15, -0.1) is 0 Å². The summed E-state index contributed by atoms with van der Waals surface area (Å²) >= 11 is 4.12. The Balaban J connectivity index is 1.70. The predicted molar refractivity (Wildman–Crippen MR) is 120 cm³/mol. The molecular formula is C24H16S2Se. The number of benzene rings is 4. The standard InChI is InChI=1S/C24H16S2Se/c1-3-9-17(10-4-1)25-19-13-7-15-21-23(19)24-20(14-8-16-22(24)27-21)26-18-11-5-2-6-12-18/h1-16H. The summed E-state index contributed by atoms with van der Waals surface area (Å²) in [4.78, 5) is 5.31. The van der Waals surface area contributed by atoms with Gasteiger partial charge in [-0.3, -0.25) is 0 Å². The molecule has 0 aliphatic rings. The van der Waals surface area contributed by atoms with Gasteiger partial charge in [-0.2, -0.15) is 0 Å². The first-order chi connectivity index (χ1) is 13.4. The van der Waals surface area contributed by atoms with E-state index in [0.29, 0.717) is 14.5 Å². The molecule has 0 amide bonds. The minimum atomic E-state index is 0.380. The Labute approximate surface area is 173 Å². The van der Waals surface area contributed by atoms with E-state index in [1.807, 2.05) is 23.5 Å². The van der Waals surface area contributed by atoms with Gasteiger partial charge in [-0.05, 0) is 0 Å². The van der Waals surface area contributed by atoms with Crippen molar-refractivity contribution in [2.75, 3.05) is 0 Å². The Morgan fingerprint density at radius 1 is 0.444 bits per heavy atom. The molecule has 130 valence electrons. The topological polar surface area (TPSA) is 0 Å². The first-order valence-electron chi connectivity index (χ1n) is 8.78. The van der Waals surface area contributed by atoms with Crippen molar-refractivity contribution in [3.63, 3.8) is 0 Å². The van der Waals surface area contributed by atoms with E-state index in [4.69, 9.17) is 0 Å². The molecule has 0 radical (unpaired) electrons. The second-order valence-electron chi connectivity index (χ2n) is 6.19. The Morgan fingerprint density at radius 2 is 0.889 bits per heavy atom. The van der Waals surface area contributed by atoms with E-state index in [1.54, 1.807) is 0 Å². The molecule has 1 heterocycles. The fourth-order valence-electron chi connectivity index (χ4n) is 3.20. The molecule has 0 saturated heterocycles. The molecule has 0 spiro atoms. The summed E-state index contributed by atoms with van der Waals surface area (Å²) in [5.41, 5.74) is 0. The number of hydrogen-bond acceptors (Lipinski definition) is 2. The van der Waals surface area contributed by atoms with E-state index < -0.39 is 0 Å². The number of hydrogen-bond donors (Lipinski definition) is 0. The summed E-state index contributed by atoms with van der Waals surface area (Å²) < 4.78 is 3.00. The quantitative estimate of drug-likeness (QED) is 0.264. The van der Waals surface area contributed by atoms with Crippen LogP contribution in [0.4, 0.5) is 0 Å². The van der Waals surface area contributed by atoms with Gasteiger partial charge in [0.05, 0.1) is 0 Å². The Kier molecular flexibility index (Phi) is 4.85. The molecule has 5 rings (SSSR count). The van der Waals surface area contributed by atoms with Crippen LogP contribution in [0.3, 0.4) is 0 Å². The van der Waals surface area contributed by atoms with Crippen molar-refractivity contribution >= 4 is 57.3 Å². The summed E-state index contributed by atoms with van der Waals surface area (Å²) in [6.07, 6.45) is 0. The third kappa shape index (κ3) is 3.49.